The van der Waals surface area contributed by atoms with Crippen molar-refractivity contribution in [2.24, 2.45) is 0 Å². The SMILES string of the molecule is COc1ccc(Cl)cc1[C@]1(F)C(=O)N(COC(=O)NCCC(=O)O)c2cc(C(F)(F)F)ccc21. The first kappa shape index (κ1) is 25.1. The molecule has 3 rings (SSSR count). The molecule has 2 aromatic rings. The second kappa shape index (κ2) is 9.37. The summed E-state index contributed by atoms with van der Waals surface area (Å²) in [5.74, 6) is -2.61. The lowest BCUT2D eigenvalue weighted by molar-refractivity contribution is -0.138. The molecule has 1 heterocycles. The van der Waals surface area contributed by atoms with Crippen LogP contribution in [0.3, 0.4) is 0 Å². The fraction of sp³-hybridized carbons (Fsp3) is 0.286. The number of nitrogens with one attached hydrogen (secondary N) is 1. The van der Waals surface area contributed by atoms with Crippen molar-refractivity contribution in [2.45, 2.75) is 18.3 Å². The molecule has 182 valence electrons. The van der Waals surface area contributed by atoms with Gasteiger partial charge in [0.05, 0.1) is 24.8 Å². The predicted octanol–water partition coefficient (Wildman–Crippen LogP) is 4.09. The van der Waals surface area contributed by atoms with Crippen LogP contribution >= 0.6 is 11.6 Å². The molecule has 0 fully saturated rings. The predicted molar refractivity (Wildman–Crippen MR) is 110 cm³/mol. The number of anilines is 1. The summed E-state index contributed by atoms with van der Waals surface area (Å²) >= 11 is 5.97. The molecular formula is C21H17ClF4N2O6. The molecule has 0 bridgehead atoms. The van der Waals surface area contributed by atoms with Crippen LogP contribution in [0.2, 0.25) is 5.02 Å². The van der Waals surface area contributed by atoms with Gasteiger partial charge in [-0.1, -0.05) is 17.7 Å². The van der Waals surface area contributed by atoms with Gasteiger partial charge in [-0.2, -0.15) is 13.2 Å². The van der Waals surface area contributed by atoms with E-state index < -0.39 is 59.8 Å². The van der Waals surface area contributed by atoms with Crippen molar-refractivity contribution in [1.29, 1.82) is 0 Å². The highest BCUT2D eigenvalue weighted by molar-refractivity contribution is 6.30. The molecule has 0 aliphatic carbocycles. The van der Waals surface area contributed by atoms with Gasteiger partial charge in [0.1, 0.15) is 5.75 Å². The molecule has 0 saturated heterocycles. The minimum Gasteiger partial charge on any atom is -0.496 e. The van der Waals surface area contributed by atoms with E-state index in [4.69, 9.17) is 26.2 Å². The van der Waals surface area contributed by atoms with Crippen LogP contribution in [0.1, 0.15) is 23.1 Å². The van der Waals surface area contributed by atoms with E-state index in [1.54, 1.807) is 0 Å². The quantitative estimate of drug-likeness (QED) is 0.550. The van der Waals surface area contributed by atoms with Crippen molar-refractivity contribution in [1.82, 2.24) is 5.32 Å². The van der Waals surface area contributed by atoms with Crippen LogP contribution in [-0.4, -0.2) is 43.5 Å². The van der Waals surface area contributed by atoms with E-state index in [9.17, 15) is 27.6 Å². The number of hydrogen-bond acceptors (Lipinski definition) is 5. The zero-order valence-corrected chi connectivity index (χ0v) is 18.2. The smallest absolute Gasteiger partial charge is 0.416 e. The number of fused-ring (bicyclic) bond motifs is 1. The summed E-state index contributed by atoms with van der Waals surface area (Å²) in [5.41, 5.74) is -5.40. The number of carbonyl (C=O) groups excluding carboxylic acids is 2. The number of amides is 2. The normalized spacial score (nSPS) is 17.4. The second-order valence-electron chi connectivity index (χ2n) is 7.10. The van der Waals surface area contributed by atoms with Crippen molar-refractivity contribution < 1.29 is 46.5 Å². The van der Waals surface area contributed by atoms with Crippen LogP contribution in [-0.2, 0) is 26.2 Å². The third kappa shape index (κ3) is 4.72. The third-order valence-corrected chi connectivity index (χ3v) is 5.23. The number of ether oxygens (including phenoxy) is 2. The van der Waals surface area contributed by atoms with E-state index in [1.165, 1.54) is 19.2 Å². The van der Waals surface area contributed by atoms with Crippen LogP contribution in [0.15, 0.2) is 36.4 Å². The summed E-state index contributed by atoms with van der Waals surface area (Å²) in [6, 6.07) is 5.80. The molecular weight excluding hydrogens is 488 g/mol. The number of aliphatic carboxylic acids is 1. The summed E-state index contributed by atoms with van der Waals surface area (Å²) in [5, 5.41) is 10.7. The van der Waals surface area contributed by atoms with Crippen LogP contribution in [0.4, 0.5) is 28.0 Å². The molecule has 1 aliphatic heterocycles. The van der Waals surface area contributed by atoms with E-state index in [-0.39, 0.29) is 22.9 Å². The maximum Gasteiger partial charge on any atom is 0.416 e. The van der Waals surface area contributed by atoms with Crippen molar-refractivity contribution >= 4 is 35.3 Å². The Morgan fingerprint density at radius 2 is 1.88 bits per heavy atom. The summed E-state index contributed by atoms with van der Waals surface area (Å²) in [7, 11) is 1.21. The monoisotopic (exact) mass is 504 g/mol. The number of carboxylic acids is 1. The van der Waals surface area contributed by atoms with Crippen molar-refractivity contribution in [2.75, 3.05) is 25.3 Å². The van der Waals surface area contributed by atoms with Gasteiger partial charge in [0.15, 0.2) is 6.73 Å². The zero-order valence-electron chi connectivity index (χ0n) is 17.4. The lowest BCUT2D eigenvalue weighted by atomic mass is 9.88. The standard InChI is InChI=1S/C21H17ClF4N2O6/c1-33-16-5-3-12(22)9-14(16)20(23)13-4-2-11(21(24,25)26)8-15(13)28(18(20)31)10-34-19(32)27-7-6-17(29)30/h2-5,8-9H,6-7,10H2,1H3,(H,27,32)(H,29,30)/t20-/m0/s1. The topological polar surface area (TPSA) is 105 Å². The minimum atomic E-state index is -4.80. The van der Waals surface area contributed by atoms with E-state index in [0.29, 0.717) is 17.0 Å². The summed E-state index contributed by atoms with van der Waals surface area (Å²) in [6.45, 7) is -1.25. The summed E-state index contributed by atoms with van der Waals surface area (Å²) in [4.78, 5) is 36.1. The lowest BCUT2D eigenvalue weighted by Gasteiger charge is -2.23. The highest BCUT2D eigenvalue weighted by Crippen LogP contribution is 2.51. The van der Waals surface area contributed by atoms with Gasteiger partial charge in [0.25, 0.3) is 5.91 Å². The maximum atomic E-state index is 16.5. The zero-order chi connectivity index (χ0) is 25.3. The molecule has 2 amide bonds. The molecule has 13 heteroatoms. The average Bonchev–Trinajstić information content (AvgIpc) is 2.98. The molecule has 0 saturated carbocycles. The van der Waals surface area contributed by atoms with Gasteiger partial charge in [0, 0.05) is 22.7 Å². The van der Waals surface area contributed by atoms with E-state index in [0.717, 1.165) is 12.1 Å². The van der Waals surface area contributed by atoms with Crippen molar-refractivity contribution in [3.8, 4) is 5.75 Å². The Balaban J connectivity index is 2.02. The third-order valence-electron chi connectivity index (χ3n) is 4.99. The first-order valence-electron chi connectivity index (χ1n) is 9.58. The number of hydrogen-bond donors (Lipinski definition) is 2. The Labute approximate surface area is 195 Å². The Kier molecular flexibility index (Phi) is 6.92. The number of alkyl carbamates (subject to hydrolysis) is 1. The van der Waals surface area contributed by atoms with Crippen LogP contribution in [0.5, 0.6) is 5.75 Å². The van der Waals surface area contributed by atoms with E-state index in [2.05, 4.69) is 5.32 Å². The van der Waals surface area contributed by atoms with Gasteiger partial charge in [-0.05, 0) is 30.3 Å². The van der Waals surface area contributed by atoms with Gasteiger partial charge in [0.2, 0.25) is 5.67 Å². The maximum absolute atomic E-state index is 16.5. The highest BCUT2D eigenvalue weighted by atomic mass is 35.5. The summed E-state index contributed by atoms with van der Waals surface area (Å²) < 4.78 is 66.4. The Bertz CT molecular complexity index is 1140. The molecule has 8 nitrogen and oxygen atoms in total. The number of carbonyl (C=O) groups is 3. The number of halogens is 5. The molecule has 1 aliphatic rings. The molecule has 0 unspecified atom stereocenters. The molecule has 2 N–H and O–H groups in total. The van der Waals surface area contributed by atoms with Gasteiger partial charge in [-0.15, -0.1) is 0 Å². The van der Waals surface area contributed by atoms with Gasteiger partial charge in [-0.25, -0.2) is 9.18 Å². The van der Waals surface area contributed by atoms with Crippen LogP contribution in [0.25, 0.3) is 0 Å². The van der Waals surface area contributed by atoms with Gasteiger partial charge >= 0.3 is 18.2 Å². The molecule has 0 aromatic heterocycles. The van der Waals surface area contributed by atoms with Gasteiger partial charge < -0.3 is 19.9 Å². The number of methoxy groups -OCH3 is 1. The van der Waals surface area contributed by atoms with E-state index >= 15 is 4.39 Å². The Morgan fingerprint density at radius 1 is 1.18 bits per heavy atom. The molecule has 1 atom stereocenters. The van der Waals surface area contributed by atoms with Crippen LogP contribution < -0.4 is 15.0 Å². The highest BCUT2D eigenvalue weighted by Gasteiger charge is 2.55. The van der Waals surface area contributed by atoms with Gasteiger partial charge in [-0.3, -0.25) is 14.5 Å². The average molecular weight is 505 g/mol. The van der Waals surface area contributed by atoms with Crippen LogP contribution in [0, 0.1) is 0 Å². The fourth-order valence-corrected chi connectivity index (χ4v) is 3.59. The van der Waals surface area contributed by atoms with Crippen molar-refractivity contribution in [3.05, 3.63) is 58.1 Å². The van der Waals surface area contributed by atoms with E-state index in [1.807, 2.05) is 0 Å². The largest absolute Gasteiger partial charge is 0.496 e. The fourth-order valence-electron chi connectivity index (χ4n) is 3.42. The molecule has 0 radical (unpaired) electrons. The number of nitrogens with zero attached hydrogens (tertiary/aromatic N) is 1. The number of benzene rings is 2. The summed E-state index contributed by atoms with van der Waals surface area (Å²) in [6.07, 6.45) is -6.37. The molecule has 34 heavy (non-hydrogen) atoms. The number of rotatable bonds is 7. The Hall–Kier alpha value is -3.54. The first-order chi connectivity index (χ1) is 15.9. The lowest BCUT2D eigenvalue weighted by Crippen LogP contribution is -2.41. The molecule has 2 aromatic carbocycles. The molecule has 0 spiro atoms. The van der Waals surface area contributed by atoms with Crippen molar-refractivity contribution in [3.63, 3.8) is 0 Å². The first-order valence-corrected chi connectivity index (χ1v) is 9.96. The minimum absolute atomic E-state index is 0.0431. The number of alkyl halides is 4. The Morgan fingerprint density at radius 3 is 2.50 bits per heavy atom. The number of carboxylic acid groups (broad SMARTS) is 1. The second-order valence-corrected chi connectivity index (χ2v) is 7.53.